The van der Waals surface area contributed by atoms with Crippen molar-refractivity contribution < 1.29 is 42.8 Å². The summed E-state index contributed by atoms with van der Waals surface area (Å²) in [6.07, 6.45) is 2.61. The first-order chi connectivity index (χ1) is 18.9. The lowest BCUT2D eigenvalue weighted by atomic mass is 10.0. The van der Waals surface area contributed by atoms with Crippen molar-refractivity contribution in [3.63, 3.8) is 0 Å². The minimum absolute atomic E-state index is 0.000254. The molecule has 3 atom stereocenters. The predicted molar refractivity (Wildman–Crippen MR) is 141 cm³/mol. The van der Waals surface area contributed by atoms with Crippen molar-refractivity contribution in [1.82, 2.24) is 26.0 Å². The summed E-state index contributed by atoms with van der Waals surface area (Å²) in [5.74, 6) is -2.47. The van der Waals surface area contributed by atoms with E-state index in [1.165, 1.54) is 41.2 Å². The molecule has 1 aromatic carbocycles. The molecule has 0 spiro atoms. The number of phosphoric ester groups is 1. The molecule has 15 heteroatoms. The van der Waals surface area contributed by atoms with Crippen LogP contribution >= 0.6 is 7.82 Å². The first-order valence-corrected chi connectivity index (χ1v) is 14.7. The van der Waals surface area contributed by atoms with Gasteiger partial charge in [0.15, 0.2) is 0 Å². The van der Waals surface area contributed by atoms with Crippen molar-refractivity contribution in [2.24, 2.45) is 0 Å². The average Bonchev–Trinajstić information content (AvgIpc) is 3.00. The molecule has 1 aromatic rings. The van der Waals surface area contributed by atoms with Crippen LogP contribution in [0.2, 0.25) is 0 Å². The molecule has 14 nitrogen and oxygen atoms in total. The van der Waals surface area contributed by atoms with Gasteiger partial charge < -0.3 is 20.5 Å². The quantitative estimate of drug-likeness (QED) is 0.178. The maximum atomic E-state index is 13.6. The first-order valence-electron chi connectivity index (χ1n) is 13.2. The van der Waals surface area contributed by atoms with Crippen LogP contribution in [-0.2, 0) is 35.0 Å². The summed E-state index contributed by atoms with van der Waals surface area (Å²) in [5.41, 5.74) is 0.542. The zero-order valence-electron chi connectivity index (χ0n) is 22.5. The number of carbonyl (C=O) groups excluding carboxylic acids is 5. The lowest BCUT2D eigenvalue weighted by Gasteiger charge is -2.43. The van der Waals surface area contributed by atoms with Crippen LogP contribution in [0.15, 0.2) is 24.3 Å². The van der Waals surface area contributed by atoms with Crippen LogP contribution in [-0.4, -0.2) is 80.6 Å². The Labute approximate surface area is 232 Å². The molecule has 0 unspecified atom stereocenters. The maximum Gasteiger partial charge on any atom is 0.524 e. The molecule has 2 aliphatic heterocycles. The first kappa shape index (κ1) is 31.1. The van der Waals surface area contributed by atoms with E-state index in [1.807, 2.05) is 6.92 Å². The van der Waals surface area contributed by atoms with Gasteiger partial charge in [-0.05, 0) is 43.4 Å². The molecule has 220 valence electrons. The summed E-state index contributed by atoms with van der Waals surface area (Å²) >= 11 is 0. The highest BCUT2D eigenvalue weighted by atomic mass is 31.2. The van der Waals surface area contributed by atoms with Gasteiger partial charge in [-0.3, -0.25) is 38.8 Å². The van der Waals surface area contributed by atoms with E-state index >= 15 is 0 Å². The van der Waals surface area contributed by atoms with Crippen molar-refractivity contribution >= 4 is 37.4 Å². The van der Waals surface area contributed by atoms with E-state index in [0.29, 0.717) is 31.5 Å². The van der Waals surface area contributed by atoms with Crippen LogP contribution in [0.4, 0.5) is 0 Å². The van der Waals surface area contributed by atoms with E-state index in [9.17, 15) is 28.5 Å². The number of phosphoric acid groups is 1. The van der Waals surface area contributed by atoms with E-state index in [4.69, 9.17) is 9.79 Å². The number of hydrogen-bond donors (Lipinski definition) is 5. The van der Waals surface area contributed by atoms with Crippen LogP contribution < -0.4 is 20.5 Å². The topological polar surface area (TPSA) is 195 Å². The highest BCUT2D eigenvalue weighted by Crippen LogP contribution is 2.37. The number of carbonyl (C=O) groups is 5. The number of rotatable bonds is 11. The van der Waals surface area contributed by atoms with Gasteiger partial charge in [0.1, 0.15) is 23.9 Å². The van der Waals surface area contributed by atoms with Gasteiger partial charge in [0, 0.05) is 32.9 Å². The number of unbranched alkanes of at least 4 members (excludes halogenated alkanes) is 1. The van der Waals surface area contributed by atoms with E-state index < -0.39 is 43.7 Å². The molecule has 2 saturated heterocycles. The Bertz CT molecular complexity index is 1160. The largest absolute Gasteiger partial charge is 0.524 e. The van der Waals surface area contributed by atoms with Crippen LogP contribution in [0, 0.1) is 0 Å². The number of hydrazine groups is 1. The molecule has 0 aliphatic carbocycles. The smallest absolute Gasteiger partial charge is 0.404 e. The summed E-state index contributed by atoms with van der Waals surface area (Å²) in [7, 11) is -4.74. The van der Waals surface area contributed by atoms with Crippen LogP contribution in [0.1, 0.15) is 57.9 Å². The van der Waals surface area contributed by atoms with Crippen molar-refractivity contribution in [2.45, 2.75) is 76.9 Å². The van der Waals surface area contributed by atoms with Gasteiger partial charge in [-0.2, -0.15) is 0 Å². The normalized spacial score (nSPS) is 20.2. The molecule has 0 aromatic heterocycles. The van der Waals surface area contributed by atoms with Gasteiger partial charge in [-0.1, -0.05) is 25.5 Å². The Balaban J connectivity index is 1.75. The third-order valence-corrected chi connectivity index (χ3v) is 7.04. The zero-order valence-corrected chi connectivity index (χ0v) is 23.4. The fourth-order valence-corrected chi connectivity index (χ4v) is 5.10. The summed E-state index contributed by atoms with van der Waals surface area (Å²) in [6, 6.07) is 2.53. The van der Waals surface area contributed by atoms with Gasteiger partial charge in [-0.25, -0.2) is 9.57 Å². The van der Waals surface area contributed by atoms with Crippen molar-refractivity contribution in [2.75, 3.05) is 13.1 Å². The molecule has 3 rings (SSSR count). The Kier molecular flexibility index (Phi) is 10.7. The minimum atomic E-state index is -4.74. The maximum absolute atomic E-state index is 13.6. The molecule has 2 heterocycles. The molecule has 5 N–H and O–H groups in total. The van der Waals surface area contributed by atoms with Gasteiger partial charge in [0.2, 0.25) is 23.6 Å². The van der Waals surface area contributed by atoms with E-state index in [-0.39, 0.29) is 36.8 Å². The van der Waals surface area contributed by atoms with Crippen LogP contribution in [0.5, 0.6) is 5.75 Å². The molecule has 40 heavy (non-hydrogen) atoms. The molecule has 2 fully saturated rings. The molecule has 0 saturated carbocycles. The standard InChI is InChI=1S/C25H36N5O9P/c1-3-4-13-26-24(34)21-6-5-14-29-22(32)12-11-19(25(35)30(21)29)28-23(33)20(27-16(2)31)15-17-7-9-18(10-8-17)39-40(36,37)38/h7-10,19-21H,3-6,11-15H2,1-2H3,(H,26,34)(H,27,31)(H,28,33)(H2,36,37,38)/t19-,20-,21-/m0/s1. The summed E-state index contributed by atoms with van der Waals surface area (Å²) in [6.45, 7) is 3.97. The molecular weight excluding hydrogens is 545 g/mol. The lowest BCUT2D eigenvalue weighted by molar-refractivity contribution is -0.176. The van der Waals surface area contributed by atoms with Crippen molar-refractivity contribution in [1.29, 1.82) is 0 Å². The summed E-state index contributed by atoms with van der Waals surface area (Å²) in [4.78, 5) is 82.5. The van der Waals surface area contributed by atoms with Crippen molar-refractivity contribution in [3.8, 4) is 5.75 Å². The van der Waals surface area contributed by atoms with E-state index in [2.05, 4.69) is 20.5 Å². The molecule has 0 bridgehead atoms. The third-order valence-electron chi connectivity index (χ3n) is 6.59. The Morgan fingerprint density at radius 1 is 1.15 bits per heavy atom. The van der Waals surface area contributed by atoms with Gasteiger partial charge in [0.25, 0.3) is 5.91 Å². The van der Waals surface area contributed by atoms with Crippen LogP contribution in [0.3, 0.4) is 0 Å². The Morgan fingerprint density at radius 2 is 1.85 bits per heavy atom. The SMILES string of the molecule is CCCCNC(=O)[C@@H]1CCCN2C(=O)CC[C@H](NC(=O)[C@H](Cc3ccc(OP(=O)(O)O)cc3)NC(C)=O)C(=O)N12. The van der Waals surface area contributed by atoms with Crippen LogP contribution in [0.25, 0.3) is 0 Å². The lowest BCUT2D eigenvalue weighted by Crippen LogP contribution is -2.64. The molecule has 2 aliphatic rings. The molecule has 5 amide bonds. The Hall–Kier alpha value is -3.48. The predicted octanol–water partition coefficient (Wildman–Crippen LogP) is 0.135. The monoisotopic (exact) mass is 581 g/mol. The summed E-state index contributed by atoms with van der Waals surface area (Å²) < 4.78 is 15.6. The fraction of sp³-hybridized carbons (Fsp3) is 0.560. The highest BCUT2D eigenvalue weighted by molar-refractivity contribution is 7.46. The molecular formula is C25H36N5O9P. The van der Waals surface area contributed by atoms with Gasteiger partial charge in [-0.15, -0.1) is 0 Å². The van der Waals surface area contributed by atoms with Gasteiger partial charge in [0.05, 0.1) is 0 Å². The van der Waals surface area contributed by atoms with E-state index in [0.717, 1.165) is 12.8 Å². The second kappa shape index (κ2) is 13.7. The highest BCUT2D eigenvalue weighted by Gasteiger charge is 2.44. The van der Waals surface area contributed by atoms with E-state index in [1.54, 1.807) is 0 Å². The fourth-order valence-electron chi connectivity index (χ4n) is 4.70. The van der Waals surface area contributed by atoms with Gasteiger partial charge >= 0.3 is 7.82 Å². The second-order valence-electron chi connectivity index (χ2n) is 9.79. The number of hydrogen-bond acceptors (Lipinski definition) is 7. The Morgan fingerprint density at radius 3 is 2.48 bits per heavy atom. The minimum Gasteiger partial charge on any atom is -0.404 e. The molecule has 0 radical (unpaired) electrons. The number of benzene rings is 1. The number of nitrogens with zero attached hydrogens (tertiary/aromatic N) is 2. The number of nitrogens with one attached hydrogen (secondary N) is 3. The average molecular weight is 582 g/mol. The number of amides is 5. The number of fused-ring (bicyclic) bond motifs is 1. The second-order valence-corrected chi connectivity index (χ2v) is 10.9. The zero-order chi connectivity index (χ0) is 29.4. The third kappa shape index (κ3) is 8.51. The van der Waals surface area contributed by atoms with Crippen molar-refractivity contribution in [3.05, 3.63) is 29.8 Å². The summed E-state index contributed by atoms with van der Waals surface area (Å²) in [5, 5.41) is 10.5.